The van der Waals surface area contributed by atoms with Crippen LogP contribution in [0.4, 0.5) is 5.13 Å². The van der Waals surface area contributed by atoms with Crippen LogP contribution in [0.1, 0.15) is 0 Å². The average Bonchev–Trinajstić information content (AvgIpc) is 2.61. The largest absolute Gasteiger partial charge is 0.335 e. The summed E-state index contributed by atoms with van der Waals surface area (Å²) in [6.45, 7) is 0. The minimum absolute atomic E-state index is 1.26. The van der Waals surface area contributed by atoms with E-state index >= 15 is 0 Å². The number of hydrogen-bond donors (Lipinski definition) is 0. The summed E-state index contributed by atoms with van der Waals surface area (Å²) in [5, 5.41) is 3.46. The summed E-state index contributed by atoms with van der Waals surface area (Å²) >= 11 is 1.77. The van der Waals surface area contributed by atoms with Crippen LogP contribution < -0.4 is 9.47 Å². The first-order valence-corrected chi connectivity index (χ1v) is 5.78. The molecule has 15 heavy (non-hydrogen) atoms. The number of thiazole rings is 1. The van der Waals surface area contributed by atoms with Crippen molar-refractivity contribution in [1.82, 2.24) is 0 Å². The zero-order valence-electron chi connectivity index (χ0n) is 9.27. The Labute approximate surface area is 94.4 Å². The monoisotopic (exact) mass is 219 g/mol. The van der Waals surface area contributed by atoms with Gasteiger partial charge in [-0.05, 0) is 0 Å². The molecule has 0 aliphatic carbocycles. The van der Waals surface area contributed by atoms with Crippen LogP contribution in [0.3, 0.4) is 0 Å². The van der Waals surface area contributed by atoms with E-state index < -0.39 is 0 Å². The summed E-state index contributed by atoms with van der Waals surface area (Å²) in [5.41, 5.74) is 2.54. The van der Waals surface area contributed by atoms with Crippen molar-refractivity contribution in [2.24, 2.45) is 7.05 Å². The van der Waals surface area contributed by atoms with Crippen LogP contribution in [0.25, 0.3) is 11.3 Å². The molecule has 1 aromatic heterocycles. The van der Waals surface area contributed by atoms with Crippen molar-refractivity contribution in [2.45, 2.75) is 0 Å². The Morgan fingerprint density at radius 3 is 2.33 bits per heavy atom. The van der Waals surface area contributed by atoms with Crippen molar-refractivity contribution in [3.63, 3.8) is 0 Å². The fourth-order valence-electron chi connectivity index (χ4n) is 1.65. The zero-order valence-corrected chi connectivity index (χ0v) is 10.1. The second-order valence-electron chi connectivity index (χ2n) is 3.72. The van der Waals surface area contributed by atoms with E-state index in [0.717, 1.165) is 0 Å². The molecule has 0 atom stereocenters. The van der Waals surface area contributed by atoms with Crippen LogP contribution in [0.15, 0.2) is 35.7 Å². The van der Waals surface area contributed by atoms with Crippen LogP contribution >= 0.6 is 11.3 Å². The molecule has 0 N–H and O–H groups in total. The van der Waals surface area contributed by atoms with Crippen molar-refractivity contribution < 1.29 is 4.57 Å². The fourth-order valence-corrected chi connectivity index (χ4v) is 2.62. The second kappa shape index (κ2) is 4.03. The quantitative estimate of drug-likeness (QED) is 0.703. The molecule has 1 heterocycles. The summed E-state index contributed by atoms with van der Waals surface area (Å²) in [5.74, 6) is 0. The van der Waals surface area contributed by atoms with Gasteiger partial charge in [-0.1, -0.05) is 41.7 Å². The lowest BCUT2D eigenvalue weighted by atomic mass is 10.2. The maximum atomic E-state index is 2.22. The number of aromatic nitrogens is 1. The highest BCUT2D eigenvalue weighted by Crippen LogP contribution is 2.23. The van der Waals surface area contributed by atoms with Crippen molar-refractivity contribution in [2.75, 3.05) is 19.0 Å². The molecule has 0 spiro atoms. The summed E-state index contributed by atoms with van der Waals surface area (Å²) < 4.78 is 2.22. The molecule has 0 unspecified atom stereocenters. The van der Waals surface area contributed by atoms with Gasteiger partial charge in [0, 0.05) is 10.9 Å². The van der Waals surface area contributed by atoms with Crippen molar-refractivity contribution >= 4 is 16.5 Å². The Bertz CT molecular complexity index is 446. The third-order valence-corrected chi connectivity index (χ3v) is 3.57. The van der Waals surface area contributed by atoms with Gasteiger partial charge in [0.1, 0.15) is 5.69 Å². The minimum Gasteiger partial charge on any atom is -0.258 e. The van der Waals surface area contributed by atoms with Gasteiger partial charge in [-0.15, -0.1) is 0 Å². The lowest BCUT2D eigenvalue weighted by Crippen LogP contribution is -2.34. The summed E-state index contributed by atoms with van der Waals surface area (Å²) in [6, 6.07) is 10.5. The summed E-state index contributed by atoms with van der Waals surface area (Å²) in [6.07, 6.45) is 0. The highest BCUT2D eigenvalue weighted by molar-refractivity contribution is 7.13. The molecule has 2 aromatic rings. The van der Waals surface area contributed by atoms with E-state index in [0.29, 0.717) is 0 Å². The smallest absolute Gasteiger partial charge is 0.258 e. The zero-order chi connectivity index (χ0) is 10.8. The Hall–Kier alpha value is -1.35. The molecule has 78 valence electrons. The molecular weight excluding hydrogens is 204 g/mol. The van der Waals surface area contributed by atoms with Gasteiger partial charge >= 0.3 is 5.13 Å². The SMILES string of the molecule is CN(C)c1scc(-c2ccccc2)[n+]1C. The van der Waals surface area contributed by atoms with E-state index in [1.165, 1.54) is 16.4 Å². The molecule has 0 aliphatic rings. The lowest BCUT2D eigenvalue weighted by Gasteiger charge is -2.03. The molecule has 0 radical (unpaired) electrons. The van der Waals surface area contributed by atoms with Crippen LogP contribution in [0.2, 0.25) is 0 Å². The van der Waals surface area contributed by atoms with Crippen LogP contribution in [0, 0.1) is 0 Å². The Balaban J connectivity index is 2.47. The van der Waals surface area contributed by atoms with E-state index in [-0.39, 0.29) is 0 Å². The number of benzene rings is 1. The highest BCUT2D eigenvalue weighted by atomic mass is 32.1. The summed E-state index contributed by atoms with van der Waals surface area (Å²) in [7, 11) is 6.25. The molecule has 0 fully saturated rings. The molecule has 2 nitrogen and oxygen atoms in total. The van der Waals surface area contributed by atoms with E-state index in [1.54, 1.807) is 11.3 Å². The van der Waals surface area contributed by atoms with Crippen molar-refractivity contribution in [3.05, 3.63) is 35.7 Å². The molecule has 1 aromatic carbocycles. The molecular formula is C12H15N2S+. The van der Waals surface area contributed by atoms with E-state index in [9.17, 15) is 0 Å². The first-order chi connectivity index (χ1) is 7.20. The maximum Gasteiger partial charge on any atom is 0.335 e. The number of anilines is 1. The van der Waals surface area contributed by atoms with Gasteiger partial charge < -0.3 is 0 Å². The molecule has 0 bridgehead atoms. The Morgan fingerprint density at radius 2 is 1.80 bits per heavy atom. The van der Waals surface area contributed by atoms with E-state index in [2.05, 4.69) is 60.3 Å². The second-order valence-corrected chi connectivity index (χ2v) is 4.56. The third kappa shape index (κ3) is 1.88. The number of rotatable bonds is 2. The van der Waals surface area contributed by atoms with Gasteiger partial charge in [0.05, 0.1) is 21.1 Å². The first kappa shape index (κ1) is 10.2. The number of hydrogen-bond acceptors (Lipinski definition) is 2. The fraction of sp³-hybridized carbons (Fsp3) is 0.250. The molecule has 3 heteroatoms. The van der Waals surface area contributed by atoms with Crippen molar-refractivity contribution in [3.8, 4) is 11.3 Å². The first-order valence-electron chi connectivity index (χ1n) is 4.90. The topological polar surface area (TPSA) is 7.12 Å². The van der Waals surface area contributed by atoms with E-state index in [1.807, 2.05) is 6.07 Å². The molecule has 0 saturated heterocycles. The molecule has 2 rings (SSSR count). The Kier molecular flexibility index (Phi) is 2.73. The van der Waals surface area contributed by atoms with Gasteiger partial charge in [0.15, 0.2) is 0 Å². The van der Waals surface area contributed by atoms with Gasteiger partial charge in [-0.25, -0.2) is 4.57 Å². The Morgan fingerprint density at radius 1 is 1.13 bits per heavy atom. The minimum atomic E-state index is 1.26. The third-order valence-electron chi connectivity index (χ3n) is 2.38. The maximum absolute atomic E-state index is 2.22. The molecule has 0 saturated carbocycles. The van der Waals surface area contributed by atoms with Gasteiger partial charge in [-0.2, -0.15) is 0 Å². The van der Waals surface area contributed by atoms with Gasteiger partial charge in [0.2, 0.25) is 0 Å². The summed E-state index contributed by atoms with van der Waals surface area (Å²) in [4.78, 5) is 2.14. The van der Waals surface area contributed by atoms with Gasteiger partial charge in [-0.3, -0.25) is 4.90 Å². The highest BCUT2D eigenvalue weighted by Gasteiger charge is 2.16. The van der Waals surface area contributed by atoms with Crippen LogP contribution in [-0.4, -0.2) is 14.1 Å². The standard InChI is InChI=1S/C12H15N2S/c1-13(2)12-14(3)11(9-15-12)10-7-5-4-6-8-10/h4-9H,1-3H3/q+1. The number of nitrogens with zero attached hydrogens (tertiary/aromatic N) is 2. The predicted octanol–water partition coefficient (Wildman–Crippen LogP) is 2.31. The van der Waals surface area contributed by atoms with Crippen LogP contribution in [-0.2, 0) is 7.05 Å². The lowest BCUT2D eigenvalue weighted by molar-refractivity contribution is -0.643. The van der Waals surface area contributed by atoms with Gasteiger partial charge in [0.25, 0.3) is 0 Å². The van der Waals surface area contributed by atoms with Crippen LogP contribution in [0.5, 0.6) is 0 Å². The van der Waals surface area contributed by atoms with Crippen molar-refractivity contribution in [1.29, 1.82) is 0 Å². The molecule has 0 aliphatic heterocycles. The normalized spacial score (nSPS) is 10.3. The average molecular weight is 219 g/mol. The predicted molar refractivity (Wildman–Crippen MR) is 65.3 cm³/mol. The molecule has 0 amide bonds. The van der Waals surface area contributed by atoms with E-state index in [4.69, 9.17) is 0 Å².